The topological polar surface area (TPSA) is 104 Å². The van der Waals surface area contributed by atoms with E-state index in [9.17, 15) is 5.11 Å². The van der Waals surface area contributed by atoms with E-state index < -0.39 is 0 Å². The molecular weight excluding hydrogens is 482 g/mol. The summed E-state index contributed by atoms with van der Waals surface area (Å²) in [5.74, 6) is 0.128. The number of nitrogens with zero attached hydrogens (tertiary/aromatic N) is 6. The molecule has 3 aromatic heterocycles. The number of azo groups is 1. The Hall–Kier alpha value is -4.11. The number of fused-ring (bicyclic) bond motifs is 4. The number of para-hydroxylation sites is 1. The number of aromatic nitrogens is 5. The minimum atomic E-state index is 0.0235. The number of halogens is 1. The highest BCUT2D eigenvalue weighted by Crippen LogP contribution is 2.41. The lowest BCUT2D eigenvalue weighted by atomic mass is 10.2. The largest absolute Gasteiger partial charge is 0.493 e. The third kappa shape index (κ3) is 3.42. The van der Waals surface area contributed by atoms with Crippen molar-refractivity contribution < 1.29 is 5.11 Å². The first-order valence-electron chi connectivity index (χ1n) is 10.2. The molecule has 6 rings (SSSR count). The van der Waals surface area contributed by atoms with Gasteiger partial charge in [0, 0.05) is 20.8 Å². The molecule has 3 aromatic carbocycles. The second-order valence-corrected chi connectivity index (χ2v) is 8.50. The predicted octanol–water partition coefficient (Wildman–Crippen LogP) is 6.39. The number of benzene rings is 3. The van der Waals surface area contributed by atoms with Crippen LogP contribution >= 0.6 is 15.9 Å². The third-order valence-corrected chi connectivity index (χ3v) is 6.00. The summed E-state index contributed by atoms with van der Waals surface area (Å²) in [6.07, 6.45) is 0. The van der Waals surface area contributed by atoms with Crippen molar-refractivity contribution in [3.8, 4) is 5.88 Å². The molecule has 0 aliphatic rings. The number of rotatable bonds is 4. The number of aromatic hydroxyl groups is 1. The molecule has 0 aliphatic carbocycles. The van der Waals surface area contributed by atoms with E-state index in [1.807, 2.05) is 77.4 Å². The maximum absolute atomic E-state index is 11.0. The molecule has 0 spiro atoms. The van der Waals surface area contributed by atoms with Gasteiger partial charge in [-0.15, -0.1) is 20.4 Å². The Kier molecular flexibility index (Phi) is 4.62. The van der Waals surface area contributed by atoms with E-state index in [4.69, 9.17) is 0 Å². The molecule has 2 N–H and O–H groups in total. The Balaban J connectivity index is 1.44. The maximum Gasteiger partial charge on any atom is 0.289 e. The van der Waals surface area contributed by atoms with Gasteiger partial charge in [0.2, 0.25) is 5.88 Å². The van der Waals surface area contributed by atoms with Crippen LogP contribution in [0.5, 0.6) is 5.88 Å². The predicted molar refractivity (Wildman–Crippen MR) is 130 cm³/mol. The van der Waals surface area contributed by atoms with Gasteiger partial charge in [0.05, 0.1) is 12.1 Å². The van der Waals surface area contributed by atoms with Crippen molar-refractivity contribution in [2.75, 3.05) is 0 Å². The average molecular weight is 498 g/mol. The monoisotopic (exact) mass is 497 g/mol. The smallest absolute Gasteiger partial charge is 0.289 e. The Labute approximate surface area is 195 Å². The molecule has 33 heavy (non-hydrogen) atoms. The van der Waals surface area contributed by atoms with Crippen LogP contribution in [0.4, 0.5) is 11.6 Å². The summed E-state index contributed by atoms with van der Waals surface area (Å²) in [5, 5.41) is 29.6. The minimum Gasteiger partial charge on any atom is -0.493 e. The molecule has 0 amide bonds. The van der Waals surface area contributed by atoms with Crippen molar-refractivity contribution in [3.05, 3.63) is 82.8 Å². The van der Waals surface area contributed by atoms with Crippen LogP contribution in [0.1, 0.15) is 5.56 Å². The molecule has 0 saturated heterocycles. The summed E-state index contributed by atoms with van der Waals surface area (Å²) < 4.78 is 2.69. The zero-order valence-electron chi connectivity index (χ0n) is 17.1. The lowest BCUT2D eigenvalue weighted by molar-refractivity contribution is 0.429. The molecular formula is C24H16BrN7O. The van der Waals surface area contributed by atoms with Gasteiger partial charge >= 0.3 is 0 Å². The van der Waals surface area contributed by atoms with Crippen LogP contribution in [0.2, 0.25) is 0 Å². The van der Waals surface area contributed by atoms with Gasteiger partial charge in [-0.25, -0.2) is 0 Å². The SMILES string of the molecule is Oc1c(N=Nc2nnc3c(n2)[nH]c2ccccc23)c2cc(Br)ccc2n1Cc1ccccc1. The molecule has 3 heterocycles. The van der Waals surface area contributed by atoms with Crippen LogP contribution < -0.4 is 0 Å². The molecule has 160 valence electrons. The van der Waals surface area contributed by atoms with Crippen LogP contribution in [0.3, 0.4) is 0 Å². The summed E-state index contributed by atoms with van der Waals surface area (Å²) in [7, 11) is 0. The van der Waals surface area contributed by atoms with Crippen LogP contribution in [0, 0.1) is 0 Å². The summed E-state index contributed by atoms with van der Waals surface area (Å²) in [5.41, 5.74) is 4.44. The van der Waals surface area contributed by atoms with E-state index in [0.717, 1.165) is 31.8 Å². The van der Waals surface area contributed by atoms with Gasteiger partial charge in [-0.05, 0) is 29.8 Å². The minimum absolute atomic E-state index is 0.0235. The zero-order valence-corrected chi connectivity index (χ0v) is 18.7. The standard InChI is InChI=1S/C24H16BrN7O/c25-15-10-11-19-17(12-15)21(23(33)32(19)13-14-6-2-1-3-7-14)29-31-24-27-22-20(28-30-24)16-8-4-5-9-18(16)26-22/h1-12,33H,13H2,(H,26,27,30). The van der Waals surface area contributed by atoms with Crippen LogP contribution in [-0.2, 0) is 6.54 Å². The first-order valence-corrected chi connectivity index (χ1v) is 11.0. The zero-order chi connectivity index (χ0) is 22.4. The number of hydrogen-bond donors (Lipinski definition) is 2. The lowest BCUT2D eigenvalue weighted by Gasteiger charge is -2.07. The fourth-order valence-electron chi connectivity index (χ4n) is 3.97. The first-order chi connectivity index (χ1) is 16.2. The fraction of sp³-hybridized carbons (Fsp3) is 0.0417. The fourth-order valence-corrected chi connectivity index (χ4v) is 4.33. The van der Waals surface area contributed by atoms with Gasteiger partial charge in [-0.2, -0.15) is 4.98 Å². The lowest BCUT2D eigenvalue weighted by Crippen LogP contribution is -1.98. The van der Waals surface area contributed by atoms with E-state index in [2.05, 4.69) is 46.3 Å². The van der Waals surface area contributed by atoms with E-state index in [1.165, 1.54) is 0 Å². The molecule has 0 fully saturated rings. The van der Waals surface area contributed by atoms with Gasteiger partial charge in [0.25, 0.3) is 5.95 Å². The number of hydrogen-bond acceptors (Lipinski definition) is 6. The summed E-state index contributed by atoms with van der Waals surface area (Å²) in [6.45, 7) is 0.499. The second kappa shape index (κ2) is 7.79. The maximum atomic E-state index is 11.0. The Morgan fingerprint density at radius 3 is 2.61 bits per heavy atom. The molecule has 0 aliphatic heterocycles. The second-order valence-electron chi connectivity index (χ2n) is 7.59. The Morgan fingerprint density at radius 2 is 1.73 bits per heavy atom. The molecule has 0 saturated carbocycles. The van der Waals surface area contributed by atoms with Gasteiger partial charge < -0.3 is 14.7 Å². The average Bonchev–Trinajstić information content (AvgIpc) is 3.33. The van der Waals surface area contributed by atoms with E-state index in [-0.39, 0.29) is 11.8 Å². The molecule has 9 heteroatoms. The normalized spacial score (nSPS) is 11.9. The molecule has 0 bridgehead atoms. The van der Waals surface area contributed by atoms with Crippen molar-refractivity contribution >= 4 is 60.5 Å². The van der Waals surface area contributed by atoms with E-state index >= 15 is 0 Å². The van der Waals surface area contributed by atoms with Crippen LogP contribution in [0.25, 0.3) is 33.0 Å². The summed E-state index contributed by atoms with van der Waals surface area (Å²) >= 11 is 3.51. The van der Waals surface area contributed by atoms with Crippen molar-refractivity contribution in [2.45, 2.75) is 6.54 Å². The molecule has 0 atom stereocenters. The Morgan fingerprint density at radius 1 is 0.909 bits per heavy atom. The number of nitrogens with one attached hydrogen (secondary N) is 1. The van der Waals surface area contributed by atoms with Crippen LogP contribution in [0.15, 0.2) is 87.5 Å². The molecule has 0 radical (unpaired) electrons. The van der Waals surface area contributed by atoms with Crippen molar-refractivity contribution in [1.82, 2.24) is 24.7 Å². The van der Waals surface area contributed by atoms with Gasteiger partial charge in [-0.1, -0.05) is 64.5 Å². The van der Waals surface area contributed by atoms with E-state index in [1.54, 1.807) is 0 Å². The van der Waals surface area contributed by atoms with Crippen molar-refractivity contribution in [1.29, 1.82) is 0 Å². The third-order valence-electron chi connectivity index (χ3n) is 5.51. The molecule has 0 unspecified atom stereocenters. The number of H-pyrrole nitrogens is 1. The highest BCUT2D eigenvalue weighted by molar-refractivity contribution is 9.10. The van der Waals surface area contributed by atoms with Gasteiger partial charge in [0.15, 0.2) is 11.3 Å². The summed E-state index contributed by atoms with van der Waals surface area (Å²) in [4.78, 5) is 7.66. The van der Waals surface area contributed by atoms with Crippen LogP contribution in [-0.4, -0.2) is 29.8 Å². The first kappa shape index (κ1) is 19.6. The quantitative estimate of drug-likeness (QED) is 0.275. The van der Waals surface area contributed by atoms with E-state index in [0.29, 0.717) is 23.4 Å². The number of aromatic amines is 1. The van der Waals surface area contributed by atoms with Gasteiger partial charge in [-0.3, -0.25) is 0 Å². The molecule has 8 nitrogen and oxygen atoms in total. The summed E-state index contributed by atoms with van der Waals surface area (Å²) in [6, 6.07) is 23.5. The highest BCUT2D eigenvalue weighted by Gasteiger charge is 2.18. The van der Waals surface area contributed by atoms with Crippen molar-refractivity contribution in [2.24, 2.45) is 10.2 Å². The Bertz CT molecular complexity index is 1670. The van der Waals surface area contributed by atoms with Crippen molar-refractivity contribution in [3.63, 3.8) is 0 Å². The highest BCUT2D eigenvalue weighted by atomic mass is 79.9. The molecule has 6 aromatic rings. The van der Waals surface area contributed by atoms with Gasteiger partial charge in [0.1, 0.15) is 5.52 Å².